The molecule has 1 fully saturated rings. The number of aromatic nitrogens is 2. The summed E-state index contributed by atoms with van der Waals surface area (Å²) in [6.45, 7) is 3.57. The Labute approximate surface area is 130 Å². The number of aryl methyl sites for hydroxylation is 1. The summed E-state index contributed by atoms with van der Waals surface area (Å²) in [6, 6.07) is 7.84. The molecule has 1 aliphatic rings. The molecule has 1 aliphatic heterocycles. The fourth-order valence-corrected chi connectivity index (χ4v) is 2.84. The van der Waals surface area contributed by atoms with E-state index in [1.54, 1.807) is 13.3 Å². The second-order valence-corrected chi connectivity index (χ2v) is 5.66. The van der Waals surface area contributed by atoms with Crippen LogP contribution >= 0.6 is 0 Å². The average molecular weight is 299 g/mol. The molecule has 0 bridgehead atoms. The summed E-state index contributed by atoms with van der Waals surface area (Å²) in [5.74, 6) is 2.43. The third kappa shape index (κ3) is 3.04. The molecule has 22 heavy (non-hydrogen) atoms. The molecule has 5 nitrogen and oxygen atoms in total. The van der Waals surface area contributed by atoms with E-state index in [9.17, 15) is 5.11 Å². The maximum atomic E-state index is 9.82. The fraction of sp³-hybridized carbons (Fsp3) is 0.412. The number of methoxy groups -OCH3 is 1. The van der Waals surface area contributed by atoms with Gasteiger partial charge in [0.1, 0.15) is 11.6 Å². The SMILES string of the molecule is COc1ccc(-c2nccc(N3CCCC(O)C3)n2)cc1C. The Morgan fingerprint density at radius 3 is 2.91 bits per heavy atom. The number of aliphatic hydroxyl groups is 1. The predicted molar refractivity (Wildman–Crippen MR) is 86.2 cm³/mol. The minimum absolute atomic E-state index is 0.268. The minimum Gasteiger partial charge on any atom is -0.496 e. The van der Waals surface area contributed by atoms with E-state index in [1.807, 2.05) is 31.2 Å². The number of hydrogen-bond donors (Lipinski definition) is 1. The zero-order valence-corrected chi connectivity index (χ0v) is 13.0. The van der Waals surface area contributed by atoms with Gasteiger partial charge in [-0.15, -0.1) is 0 Å². The molecule has 116 valence electrons. The third-order valence-electron chi connectivity index (χ3n) is 4.01. The van der Waals surface area contributed by atoms with Crippen LogP contribution in [0.3, 0.4) is 0 Å². The zero-order chi connectivity index (χ0) is 15.5. The number of aliphatic hydroxyl groups excluding tert-OH is 1. The van der Waals surface area contributed by atoms with E-state index >= 15 is 0 Å². The standard InChI is InChI=1S/C17H21N3O2/c1-12-10-13(5-6-15(12)22-2)17-18-8-7-16(19-17)20-9-3-4-14(21)11-20/h5-8,10,14,21H,3-4,9,11H2,1-2H3. The zero-order valence-electron chi connectivity index (χ0n) is 13.0. The number of hydrogen-bond acceptors (Lipinski definition) is 5. The molecular formula is C17H21N3O2. The van der Waals surface area contributed by atoms with Crippen molar-refractivity contribution in [2.45, 2.75) is 25.9 Å². The van der Waals surface area contributed by atoms with E-state index < -0.39 is 0 Å². The van der Waals surface area contributed by atoms with Gasteiger partial charge in [0, 0.05) is 24.8 Å². The van der Waals surface area contributed by atoms with Gasteiger partial charge in [0.2, 0.25) is 0 Å². The van der Waals surface area contributed by atoms with Gasteiger partial charge in [-0.3, -0.25) is 0 Å². The summed E-state index contributed by atoms with van der Waals surface area (Å²) < 4.78 is 5.29. The Morgan fingerprint density at radius 2 is 2.18 bits per heavy atom. The van der Waals surface area contributed by atoms with Gasteiger partial charge in [0.25, 0.3) is 0 Å². The summed E-state index contributed by atoms with van der Waals surface area (Å²) in [5, 5.41) is 9.82. The maximum absolute atomic E-state index is 9.82. The van der Waals surface area contributed by atoms with Crippen LogP contribution in [-0.2, 0) is 0 Å². The first-order valence-corrected chi connectivity index (χ1v) is 7.58. The van der Waals surface area contributed by atoms with Crippen molar-refractivity contribution in [2.75, 3.05) is 25.1 Å². The van der Waals surface area contributed by atoms with Crippen molar-refractivity contribution in [3.8, 4) is 17.1 Å². The summed E-state index contributed by atoms with van der Waals surface area (Å²) in [7, 11) is 1.67. The first-order valence-electron chi connectivity index (χ1n) is 7.58. The highest BCUT2D eigenvalue weighted by atomic mass is 16.5. The summed E-state index contributed by atoms with van der Waals surface area (Å²) in [4.78, 5) is 11.2. The molecule has 1 saturated heterocycles. The predicted octanol–water partition coefficient (Wildman–Crippen LogP) is 2.42. The molecule has 5 heteroatoms. The van der Waals surface area contributed by atoms with Crippen LogP contribution in [0.1, 0.15) is 18.4 Å². The second kappa shape index (κ2) is 6.32. The lowest BCUT2D eigenvalue weighted by Gasteiger charge is -2.31. The van der Waals surface area contributed by atoms with Crippen molar-refractivity contribution in [1.29, 1.82) is 0 Å². The van der Waals surface area contributed by atoms with Crippen LogP contribution in [-0.4, -0.2) is 41.4 Å². The summed E-state index contributed by atoms with van der Waals surface area (Å²) >= 11 is 0. The molecule has 1 unspecified atom stereocenters. The Hall–Kier alpha value is -2.14. The molecule has 1 aromatic heterocycles. The first kappa shape index (κ1) is 14.8. The Bertz CT molecular complexity index is 660. The number of nitrogens with zero attached hydrogens (tertiary/aromatic N) is 3. The fourth-order valence-electron chi connectivity index (χ4n) is 2.84. The molecule has 0 saturated carbocycles. The van der Waals surface area contributed by atoms with Crippen LogP contribution in [0, 0.1) is 6.92 Å². The van der Waals surface area contributed by atoms with Gasteiger partial charge in [0.05, 0.1) is 13.2 Å². The van der Waals surface area contributed by atoms with E-state index in [0.717, 1.165) is 42.1 Å². The molecule has 1 aromatic carbocycles. The number of ether oxygens (including phenoxy) is 1. The molecule has 2 heterocycles. The topological polar surface area (TPSA) is 58.5 Å². The monoisotopic (exact) mass is 299 g/mol. The Balaban J connectivity index is 1.89. The third-order valence-corrected chi connectivity index (χ3v) is 4.01. The normalized spacial score (nSPS) is 18.3. The van der Waals surface area contributed by atoms with Crippen molar-refractivity contribution in [1.82, 2.24) is 9.97 Å². The van der Waals surface area contributed by atoms with Crippen LogP contribution < -0.4 is 9.64 Å². The molecule has 1 N–H and O–H groups in total. The van der Waals surface area contributed by atoms with Gasteiger partial charge in [-0.1, -0.05) is 0 Å². The Morgan fingerprint density at radius 1 is 1.32 bits per heavy atom. The molecular weight excluding hydrogens is 278 g/mol. The lowest BCUT2D eigenvalue weighted by Crippen LogP contribution is -2.38. The van der Waals surface area contributed by atoms with Gasteiger partial charge < -0.3 is 14.7 Å². The van der Waals surface area contributed by atoms with Crippen molar-refractivity contribution >= 4 is 5.82 Å². The molecule has 0 radical (unpaired) electrons. The van der Waals surface area contributed by atoms with Crippen molar-refractivity contribution in [2.24, 2.45) is 0 Å². The number of piperidine rings is 1. The van der Waals surface area contributed by atoms with E-state index in [1.165, 1.54) is 0 Å². The molecule has 0 aliphatic carbocycles. The highest BCUT2D eigenvalue weighted by molar-refractivity contribution is 5.60. The first-order chi connectivity index (χ1) is 10.7. The highest BCUT2D eigenvalue weighted by Crippen LogP contribution is 2.25. The lowest BCUT2D eigenvalue weighted by molar-refractivity contribution is 0.154. The van der Waals surface area contributed by atoms with Gasteiger partial charge in [-0.25, -0.2) is 9.97 Å². The minimum atomic E-state index is -0.268. The van der Waals surface area contributed by atoms with E-state index in [0.29, 0.717) is 12.4 Å². The molecule has 0 spiro atoms. The molecule has 2 aromatic rings. The van der Waals surface area contributed by atoms with E-state index in [-0.39, 0.29) is 6.10 Å². The largest absolute Gasteiger partial charge is 0.496 e. The molecule has 1 atom stereocenters. The van der Waals surface area contributed by atoms with Crippen molar-refractivity contribution < 1.29 is 9.84 Å². The lowest BCUT2D eigenvalue weighted by atomic mass is 10.1. The summed E-state index contributed by atoms with van der Waals surface area (Å²) in [6.07, 6.45) is 3.36. The number of benzene rings is 1. The smallest absolute Gasteiger partial charge is 0.161 e. The van der Waals surface area contributed by atoms with E-state index in [4.69, 9.17) is 4.74 Å². The number of β-amino-alcohol motifs (C(OH)–C–C–N with tert-alkyl or cyclic N) is 1. The average Bonchev–Trinajstić information content (AvgIpc) is 2.55. The molecule has 0 amide bonds. The van der Waals surface area contributed by atoms with Crippen LogP contribution in [0.25, 0.3) is 11.4 Å². The van der Waals surface area contributed by atoms with Crippen LogP contribution in [0.2, 0.25) is 0 Å². The maximum Gasteiger partial charge on any atom is 0.161 e. The Kier molecular flexibility index (Phi) is 4.24. The van der Waals surface area contributed by atoms with Crippen LogP contribution in [0.4, 0.5) is 5.82 Å². The van der Waals surface area contributed by atoms with Gasteiger partial charge in [-0.05, 0) is 49.6 Å². The van der Waals surface area contributed by atoms with Crippen molar-refractivity contribution in [3.05, 3.63) is 36.0 Å². The highest BCUT2D eigenvalue weighted by Gasteiger charge is 2.19. The second-order valence-electron chi connectivity index (χ2n) is 5.66. The van der Waals surface area contributed by atoms with Gasteiger partial charge >= 0.3 is 0 Å². The van der Waals surface area contributed by atoms with Crippen LogP contribution in [0.15, 0.2) is 30.5 Å². The number of anilines is 1. The van der Waals surface area contributed by atoms with E-state index in [2.05, 4.69) is 14.9 Å². The van der Waals surface area contributed by atoms with Crippen molar-refractivity contribution in [3.63, 3.8) is 0 Å². The molecule has 3 rings (SSSR count). The summed E-state index contributed by atoms with van der Waals surface area (Å²) in [5.41, 5.74) is 2.03. The number of rotatable bonds is 3. The van der Waals surface area contributed by atoms with Gasteiger partial charge in [0.15, 0.2) is 5.82 Å². The quantitative estimate of drug-likeness (QED) is 0.943. The van der Waals surface area contributed by atoms with Gasteiger partial charge in [-0.2, -0.15) is 0 Å². The van der Waals surface area contributed by atoms with Crippen LogP contribution in [0.5, 0.6) is 5.75 Å².